The molecule has 134 valence electrons. The maximum Gasteiger partial charge on any atom is 0.260 e. The van der Waals surface area contributed by atoms with Gasteiger partial charge in [0.05, 0.1) is 4.58 Å². The molecule has 0 unspecified atom stereocenters. The monoisotopic (exact) mass is 388 g/mol. The molecule has 0 aromatic heterocycles. The van der Waals surface area contributed by atoms with Crippen LogP contribution in [-0.4, -0.2) is 55.1 Å². The van der Waals surface area contributed by atoms with Gasteiger partial charge in [0.1, 0.15) is 5.75 Å². The van der Waals surface area contributed by atoms with Gasteiger partial charge in [0, 0.05) is 19.6 Å². The SMILES string of the molecule is Cl.O=C(COc1ccc(C2SCCCS2)cc1)N1CCCNCC1. The molecule has 0 bridgehead atoms. The third-order valence-corrected chi connectivity index (χ3v) is 7.05. The fourth-order valence-electron chi connectivity index (χ4n) is 2.73. The van der Waals surface area contributed by atoms with Crippen molar-refractivity contribution < 1.29 is 9.53 Å². The third-order valence-electron chi connectivity index (χ3n) is 4.03. The first-order valence-corrected chi connectivity index (χ1v) is 10.4. The van der Waals surface area contributed by atoms with Crippen molar-refractivity contribution in [2.24, 2.45) is 0 Å². The van der Waals surface area contributed by atoms with E-state index in [4.69, 9.17) is 4.74 Å². The lowest BCUT2D eigenvalue weighted by atomic mass is 10.2. The molecule has 0 atom stereocenters. The summed E-state index contributed by atoms with van der Waals surface area (Å²) in [6, 6.07) is 8.24. The highest BCUT2D eigenvalue weighted by Crippen LogP contribution is 2.43. The van der Waals surface area contributed by atoms with Crippen LogP contribution in [0.25, 0.3) is 0 Å². The molecule has 2 aliphatic heterocycles. The van der Waals surface area contributed by atoms with Crippen molar-refractivity contribution in [3.8, 4) is 5.75 Å². The number of carbonyl (C=O) groups is 1. The molecule has 2 saturated heterocycles. The number of ether oxygens (including phenoxy) is 1. The van der Waals surface area contributed by atoms with E-state index in [1.165, 1.54) is 23.5 Å². The minimum Gasteiger partial charge on any atom is -0.484 e. The zero-order valence-corrected chi connectivity index (χ0v) is 16.2. The molecular weight excluding hydrogens is 364 g/mol. The van der Waals surface area contributed by atoms with Gasteiger partial charge in [0.2, 0.25) is 0 Å². The molecular formula is C17H25ClN2O2S2. The van der Waals surface area contributed by atoms with E-state index >= 15 is 0 Å². The molecule has 4 nitrogen and oxygen atoms in total. The molecule has 0 spiro atoms. The summed E-state index contributed by atoms with van der Waals surface area (Å²) in [5.41, 5.74) is 1.34. The summed E-state index contributed by atoms with van der Waals surface area (Å²) in [7, 11) is 0. The van der Waals surface area contributed by atoms with Crippen LogP contribution >= 0.6 is 35.9 Å². The quantitative estimate of drug-likeness (QED) is 0.857. The van der Waals surface area contributed by atoms with Gasteiger partial charge in [-0.15, -0.1) is 35.9 Å². The molecule has 2 heterocycles. The highest BCUT2D eigenvalue weighted by molar-refractivity contribution is 8.16. The number of hydrogen-bond donors (Lipinski definition) is 1. The lowest BCUT2D eigenvalue weighted by molar-refractivity contribution is -0.133. The first-order chi connectivity index (χ1) is 11.3. The van der Waals surface area contributed by atoms with E-state index < -0.39 is 0 Å². The Balaban J connectivity index is 0.00000208. The van der Waals surface area contributed by atoms with Gasteiger partial charge in [-0.2, -0.15) is 0 Å². The van der Waals surface area contributed by atoms with Crippen molar-refractivity contribution in [3.63, 3.8) is 0 Å². The Bertz CT molecular complexity index is 502. The molecule has 3 rings (SSSR count). The van der Waals surface area contributed by atoms with Crippen LogP contribution in [-0.2, 0) is 4.79 Å². The van der Waals surface area contributed by atoms with Gasteiger partial charge in [0.15, 0.2) is 6.61 Å². The standard InChI is InChI=1S/C17H24N2O2S2.ClH/c20-16(19-9-1-7-18-8-10-19)13-21-15-5-3-14(4-6-15)17-22-11-2-12-23-17;/h3-6,17-18H,1-2,7-13H2;1H. The number of nitrogens with zero attached hydrogens (tertiary/aromatic N) is 1. The van der Waals surface area contributed by atoms with Gasteiger partial charge < -0.3 is 15.0 Å². The number of amides is 1. The molecule has 1 aromatic carbocycles. The van der Waals surface area contributed by atoms with Crippen LogP contribution in [0.15, 0.2) is 24.3 Å². The van der Waals surface area contributed by atoms with E-state index in [1.54, 1.807) is 0 Å². The van der Waals surface area contributed by atoms with Crippen molar-refractivity contribution in [3.05, 3.63) is 29.8 Å². The normalized spacial score (nSPS) is 19.2. The summed E-state index contributed by atoms with van der Waals surface area (Å²) >= 11 is 4.03. The number of halogens is 1. The molecule has 2 fully saturated rings. The minimum absolute atomic E-state index is 0. The zero-order chi connectivity index (χ0) is 15.9. The van der Waals surface area contributed by atoms with Crippen LogP contribution in [0.4, 0.5) is 0 Å². The largest absolute Gasteiger partial charge is 0.484 e. The first-order valence-electron chi connectivity index (χ1n) is 8.27. The van der Waals surface area contributed by atoms with Crippen molar-refractivity contribution in [1.82, 2.24) is 10.2 Å². The Kier molecular flexibility index (Phi) is 8.59. The van der Waals surface area contributed by atoms with Gasteiger partial charge >= 0.3 is 0 Å². The highest BCUT2D eigenvalue weighted by Gasteiger charge is 2.17. The first kappa shape index (κ1) is 19.8. The Morgan fingerprint density at radius 1 is 1.12 bits per heavy atom. The molecule has 24 heavy (non-hydrogen) atoms. The maximum atomic E-state index is 12.2. The summed E-state index contributed by atoms with van der Waals surface area (Å²) in [4.78, 5) is 14.1. The molecule has 2 aliphatic rings. The molecule has 1 amide bonds. The number of nitrogens with one attached hydrogen (secondary N) is 1. The van der Waals surface area contributed by atoms with E-state index in [0.29, 0.717) is 4.58 Å². The smallest absolute Gasteiger partial charge is 0.260 e. The number of benzene rings is 1. The lowest BCUT2D eigenvalue weighted by Gasteiger charge is -2.22. The Hall–Kier alpha value is -0.560. The molecule has 7 heteroatoms. The molecule has 0 radical (unpaired) electrons. The number of carbonyl (C=O) groups excluding carboxylic acids is 1. The second-order valence-corrected chi connectivity index (χ2v) is 8.49. The fourth-order valence-corrected chi connectivity index (χ4v) is 5.63. The van der Waals surface area contributed by atoms with Gasteiger partial charge in [-0.25, -0.2) is 0 Å². The van der Waals surface area contributed by atoms with E-state index in [0.717, 1.165) is 38.3 Å². The Labute approximate surface area is 158 Å². The zero-order valence-electron chi connectivity index (χ0n) is 13.7. The van der Waals surface area contributed by atoms with Crippen molar-refractivity contribution in [2.75, 3.05) is 44.3 Å². The molecule has 1 N–H and O–H groups in total. The Morgan fingerprint density at radius 3 is 2.62 bits per heavy atom. The van der Waals surface area contributed by atoms with Gasteiger partial charge in [0.25, 0.3) is 5.91 Å². The van der Waals surface area contributed by atoms with E-state index in [1.807, 2.05) is 40.6 Å². The van der Waals surface area contributed by atoms with Gasteiger partial charge in [-0.3, -0.25) is 4.79 Å². The molecule has 1 aromatic rings. The van der Waals surface area contributed by atoms with Crippen LogP contribution in [0.3, 0.4) is 0 Å². The second-order valence-electron chi connectivity index (χ2n) is 5.77. The third kappa shape index (κ3) is 5.76. The highest BCUT2D eigenvalue weighted by atomic mass is 35.5. The second kappa shape index (κ2) is 10.4. The average molecular weight is 389 g/mol. The topological polar surface area (TPSA) is 41.6 Å². The Morgan fingerprint density at radius 2 is 1.88 bits per heavy atom. The van der Waals surface area contributed by atoms with Crippen molar-refractivity contribution in [2.45, 2.75) is 17.4 Å². The lowest BCUT2D eigenvalue weighted by Crippen LogP contribution is -2.37. The molecule has 0 aliphatic carbocycles. The summed E-state index contributed by atoms with van der Waals surface area (Å²) in [5, 5.41) is 3.30. The predicted octanol–water partition coefficient (Wildman–Crippen LogP) is 3.18. The van der Waals surface area contributed by atoms with Gasteiger partial charge in [-0.05, 0) is 48.6 Å². The molecule has 0 saturated carbocycles. The summed E-state index contributed by atoms with van der Waals surface area (Å²) in [5.74, 6) is 3.35. The van der Waals surface area contributed by atoms with E-state index in [9.17, 15) is 4.79 Å². The number of hydrogen-bond acceptors (Lipinski definition) is 5. The maximum absolute atomic E-state index is 12.2. The van der Waals surface area contributed by atoms with Crippen LogP contribution < -0.4 is 10.1 Å². The summed E-state index contributed by atoms with van der Waals surface area (Å²) in [6.45, 7) is 3.59. The number of rotatable bonds is 4. The van der Waals surface area contributed by atoms with Crippen LogP contribution in [0.1, 0.15) is 23.0 Å². The number of thioether (sulfide) groups is 2. The summed E-state index contributed by atoms with van der Waals surface area (Å²) < 4.78 is 6.22. The average Bonchev–Trinajstić information content (AvgIpc) is 2.90. The fraction of sp³-hybridized carbons (Fsp3) is 0.588. The predicted molar refractivity (Wildman–Crippen MR) is 106 cm³/mol. The van der Waals surface area contributed by atoms with Gasteiger partial charge in [-0.1, -0.05) is 12.1 Å². The van der Waals surface area contributed by atoms with Crippen LogP contribution in [0.5, 0.6) is 5.75 Å². The van der Waals surface area contributed by atoms with Crippen LogP contribution in [0, 0.1) is 0 Å². The van der Waals surface area contributed by atoms with Crippen molar-refractivity contribution >= 4 is 41.8 Å². The van der Waals surface area contributed by atoms with Crippen molar-refractivity contribution in [1.29, 1.82) is 0 Å². The summed E-state index contributed by atoms with van der Waals surface area (Å²) in [6.07, 6.45) is 2.32. The van der Waals surface area contributed by atoms with E-state index in [-0.39, 0.29) is 24.9 Å². The minimum atomic E-state index is 0. The van der Waals surface area contributed by atoms with Crippen LogP contribution in [0.2, 0.25) is 0 Å². The van der Waals surface area contributed by atoms with E-state index in [2.05, 4.69) is 17.4 Å².